The lowest BCUT2D eigenvalue weighted by Crippen LogP contribution is -2.44. The molecule has 0 aliphatic rings. The van der Waals surface area contributed by atoms with Gasteiger partial charge in [0.15, 0.2) is 11.6 Å². The first-order valence-electron chi connectivity index (χ1n) is 30.0. The van der Waals surface area contributed by atoms with E-state index in [4.69, 9.17) is 22.9 Å². The third-order valence-electron chi connectivity index (χ3n) is 14.5. The van der Waals surface area contributed by atoms with Crippen LogP contribution in [-0.4, -0.2) is 145 Å². The van der Waals surface area contributed by atoms with E-state index in [9.17, 15) is 77.6 Å². The van der Waals surface area contributed by atoms with E-state index in [0.29, 0.717) is 38.6 Å². The molecule has 0 saturated heterocycles. The fourth-order valence-corrected chi connectivity index (χ4v) is 8.83. The standard InChI is InChI=1S/C22H32N4O7.C21H31N3O6.C20H30N4O6/c1-12(2)19(25-13(3)27)18(29)10-14(6-5-9-24-22(23)32)20(30)26-15-7-8-16(17(28)11-15)21(31)33-4;1-12(2)13(3)17(25)10-14(6-5-9-23-21(22)29)19(27)24-15-7-8-16(18(26)11-15)20(28)30-4;1-11(2)17(21)16(26)9-12(5-4-8-23-20(22)29)18(27)24-13-6-7-14(15(25)10-13)19(28)30-3/h7-8,11-12,14,19,28H,5-6,9-10H2,1-4H3,(H,25,27)(H,26,30)(H3,23,24,32);7-8,11-14,26H,5-6,9-10H2,1-4H3,(H,24,27)(H3,22,23,29);6-7,10-12,17,25H,4-5,8-9,21H2,1-3H3,(H,24,27)(H3,22,23,29)/t14-,19+;13-,14+;12-,17+/m101/s1. The number of hydrogen-bond donors (Lipinski definition) is 14. The number of rotatable bonds is 34. The first kappa shape index (κ1) is 81.1. The second-order valence-electron chi connectivity index (χ2n) is 22.8. The summed E-state index contributed by atoms with van der Waals surface area (Å²) < 4.78 is 13.7. The van der Waals surface area contributed by atoms with Gasteiger partial charge in [-0.1, -0.05) is 48.5 Å². The molecule has 514 valence electrons. The number of phenolic OH excluding ortho intramolecular Hbond substituents is 3. The molecule has 0 heterocycles. The normalized spacial score (nSPS) is 12.6. The monoisotopic (exact) mass is 1310 g/mol. The maximum atomic E-state index is 12.9. The molecular formula is C63H93N11O19. The number of ketones is 3. The van der Waals surface area contributed by atoms with Crippen LogP contribution in [0.25, 0.3) is 0 Å². The van der Waals surface area contributed by atoms with Crippen LogP contribution in [-0.2, 0) is 47.8 Å². The quantitative estimate of drug-likeness (QED) is 0.0216. The van der Waals surface area contributed by atoms with Crippen LogP contribution in [0, 0.1) is 41.4 Å². The van der Waals surface area contributed by atoms with E-state index in [1.165, 1.54) is 82.9 Å². The number of ether oxygens (including phenoxy) is 3. The van der Waals surface area contributed by atoms with Crippen molar-refractivity contribution < 1.29 is 91.9 Å². The number of urea groups is 3. The molecule has 3 rings (SSSR count). The molecule has 6 atom stereocenters. The molecule has 0 aliphatic heterocycles. The van der Waals surface area contributed by atoms with Gasteiger partial charge in [-0.2, -0.15) is 0 Å². The molecule has 0 aliphatic carbocycles. The summed E-state index contributed by atoms with van der Waals surface area (Å²) in [6.45, 7) is 15.0. The fraction of sp³-hybridized carbons (Fsp3) is 0.508. The van der Waals surface area contributed by atoms with Crippen LogP contribution in [0.4, 0.5) is 31.4 Å². The molecule has 30 heteroatoms. The van der Waals surface area contributed by atoms with Gasteiger partial charge >= 0.3 is 36.0 Å². The first-order chi connectivity index (χ1) is 43.6. The van der Waals surface area contributed by atoms with E-state index < -0.39 is 77.7 Å². The van der Waals surface area contributed by atoms with Crippen LogP contribution in [0.1, 0.15) is 144 Å². The van der Waals surface area contributed by atoms with Gasteiger partial charge in [-0.05, 0) is 92.7 Å². The number of carbonyl (C=O) groups excluding carboxylic acids is 13. The number of amides is 10. The summed E-state index contributed by atoms with van der Waals surface area (Å²) in [5, 5.41) is 47.9. The summed E-state index contributed by atoms with van der Waals surface area (Å²) in [6, 6.07) is 8.51. The fourth-order valence-electron chi connectivity index (χ4n) is 8.83. The smallest absolute Gasteiger partial charge is 0.341 e. The van der Waals surface area contributed by atoms with Gasteiger partial charge < -0.3 is 89.7 Å². The Morgan fingerprint density at radius 3 is 0.989 bits per heavy atom. The number of Topliss-reactive ketones (excluding diaryl/α,β-unsaturated/α-hetero) is 3. The lowest BCUT2D eigenvalue weighted by molar-refractivity contribution is -0.130. The van der Waals surface area contributed by atoms with Crippen molar-refractivity contribution >= 4 is 94.0 Å². The summed E-state index contributed by atoms with van der Waals surface area (Å²) in [5.74, 6) is -7.77. The van der Waals surface area contributed by atoms with Gasteiger partial charge in [0.05, 0.1) is 33.4 Å². The van der Waals surface area contributed by atoms with E-state index >= 15 is 0 Å². The number of phenols is 3. The van der Waals surface area contributed by atoms with Crippen molar-refractivity contribution in [1.82, 2.24) is 21.3 Å². The Balaban J connectivity index is 0.000000699. The molecule has 10 amide bonds. The predicted octanol–water partition coefficient (Wildman–Crippen LogP) is 4.86. The molecule has 3 aromatic carbocycles. The van der Waals surface area contributed by atoms with Crippen LogP contribution in [0.2, 0.25) is 0 Å². The second kappa shape index (κ2) is 41.5. The van der Waals surface area contributed by atoms with Crippen molar-refractivity contribution in [3.8, 4) is 17.2 Å². The average Bonchev–Trinajstić information content (AvgIpc) is 1.10. The maximum absolute atomic E-state index is 12.9. The van der Waals surface area contributed by atoms with Crippen molar-refractivity contribution in [2.75, 3.05) is 56.9 Å². The Bertz CT molecular complexity index is 2950. The molecule has 0 bridgehead atoms. The topological polar surface area (TPSA) is 499 Å². The van der Waals surface area contributed by atoms with Gasteiger partial charge in [0.1, 0.15) is 39.7 Å². The van der Waals surface area contributed by atoms with E-state index in [2.05, 4.69) is 51.4 Å². The number of anilines is 3. The minimum Gasteiger partial charge on any atom is -0.507 e. The van der Waals surface area contributed by atoms with Gasteiger partial charge in [0, 0.05) is 105 Å². The van der Waals surface area contributed by atoms with Crippen molar-refractivity contribution in [2.24, 2.45) is 64.4 Å². The minimum atomic E-state index is -0.774. The molecule has 0 saturated carbocycles. The largest absolute Gasteiger partial charge is 0.507 e. The summed E-state index contributed by atoms with van der Waals surface area (Å²) in [6.07, 6.45) is 2.08. The Hall–Kier alpha value is -9.87. The number of hydrogen-bond acceptors (Lipinski definition) is 20. The summed E-state index contributed by atoms with van der Waals surface area (Å²) in [5.41, 5.74) is 21.7. The van der Waals surface area contributed by atoms with E-state index in [1.54, 1.807) is 13.8 Å². The van der Waals surface area contributed by atoms with Crippen LogP contribution < -0.4 is 60.2 Å². The molecule has 0 unspecified atom stereocenters. The van der Waals surface area contributed by atoms with Crippen molar-refractivity contribution in [2.45, 2.75) is 125 Å². The highest BCUT2D eigenvalue weighted by molar-refractivity contribution is 6.01. The Labute approximate surface area is 540 Å². The SMILES string of the molecule is COC(=O)c1ccc(NC(=O)[C@H](CCCNC(N)=O)CC(=O)[C@@H](C)C(C)C)cc1O.COC(=O)c1ccc(NC(=O)[C@H](CCCNC(N)=O)CC(=O)[C@@H](N)C(C)C)cc1O.COC(=O)c1ccc(NC(=O)[C@H](CCCNC(N)=O)CC(=O)[C@@H](NC(C)=O)C(C)C)cc1O. The Kier molecular flexibility index (Phi) is 36.2. The van der Waals surface area contributed by atoms with E-state index in [0.717, 1.165) is 0 Å². The second-order valence-corrected chi connectivity index (χ2v) is 22.8. The molecule has 0 radical (unpaired) electrons. The molecule has 3 aromatic rings. The van der Waals surface area contributed by atoms with Gasteiger partial charge in [-0.25, -0.2) is 28.8 Å². The number of primary amides is 3. The predicted molar refractivity (Wildman–Crippen MR) is 343 cm³/mol. The molecule has 0 aromatic heterocycles. The molecule has 93 heavy (non-hydrogen) atoms. The summed E-state index contributed by atoms with van der Waals surface area (Å²) in [4.78, 5) is 155. The number of methoxy groups -OCH3 is 3. The molecule has 0 spiro atoms. The maximum Gasteiger partial charge on any atom is 0.341 e. The molecule has 0 fully saturated rings. The number of esters is 3. The number of nitrogens with two attached hydrogens (primary N) is 4. The van der Waals surface area contributed by atoms with Crippen molar-refractivity contribution in [1.29, 1.82) is 0 Å². The minimum absolute atomic E-state index is 0.0168. The number of carbonyl (C=O) groups is 13. The van der Waals surface area contributed by atoms with Gasteiger partial charge in [0.2, 0.25) is 23.6 Å². The molecular weight excluding hydrogens is 1210 g/mol. The number of nitrogens with one attached hydrogen (secondary N) is 7. The highest BCUT2D eigenvalue weighted by Crippen LogP contribution is 2.28. The summed E-state index contributed by atoms with van der Waals surface area (Å²) in [7, 11) is 3.57. The third kappa shape index (κ3) is 30.2. The van der Waals surface area contributed by atoms with E-state index in [-0.39, 0.29) is 143 Å². The van der Waals surface area contributed by atoms with Gasteiger partial charge in [-0.15, -0.1) is 0 Å². The molecule has 18 N–H and O–H groups in total. The Morgan fingerprint density at radius 2 is 0.742 bits per heavy atom. The number of benzene rings is 3. The van der Waals surface area contributed by atoms with Crippen molar-refractivity contribution in [3.63, 3.8) is 0 Å². The third-order valence-corrected chi connectivity index (χ3v) is 14.5. The Morgan fingerprint density at radius 1 is 0.441 bits per heavy atom. The number of aromatic hydroxyl groups is 3. The lowest BCUT2D eigenvalue weighted by atomic mass is 9.86. The zero-order valence-electron chi connectivity index (χ0n) is 54.6. The van der Waals surface area contributed by atoms with Crippen LogP contribution in [0.15, 0.2) is 54.6 Å². The zero-order chi connectivity index (χ0) is 70.8. The van der Waals surface area contributed by atoms with Crippen molar-refractivity contribution in [3.05, 3.63) is 71.3 Å². The van der Waals surface area contributed by atoms with Crippen LogP contribution in [0.5, 0.6) is 17.2 Å². The first-order valence-corrected chi connectivity index (χ1v) is 30.0. The lowest BCUT2D eigenvalue weighted by Gasteiger charge is -2.23. The highest BCUT2D eigenvalue weighted by atomic mass is 16.5. The highest BCUT2D eigenvalue weighted by Gasteiger charge is 2.31. The summed E-state index contributed by atoms with van der Waals surface area (Å²) >= 11 is 0. The van der Waals surface area contributed by atoms with Gasteiger partial charge in [-0.3, -0.25) is 33.6 Å². The van der Waals surface area contributed by atoms with Crippen LogP contribution >= 0.6 is 0 Å². The van der Waals surface area contributed by atoms with Crippen LogP contribution in [0.3, 0.4) is 0 Å². The zero-order valence-corrected chi connectivity index (χ0v) is 54.6. The molecule has 30 nitrogen and oxygen atoms in total. The average molecular weight is 1310 g/mol. The van der Waals surface area contributed by atoms with E-state index in [1.807, 2.05) is 34.6 Å². The van der Waals surface area contributed by atoms with Gasteiger partial charge in [0.25, 0.3) is 0 Å².